The second kappa shape index (κ2) is 6.26. The van der Waals surface area contributed by atoms with Gasteiger partial charge in [0.15, 0.2) is 0 Å². The topological polar surface area (TPSA) is 58.4 Å². The number of nitrogens with zero attached hydrogens (tertiary/aromatic N) is 1. The highest BCUT2D eigenvalue weighted by Gasteiger charge is 2.28. The van der Waals surface area contributed by atoms with Gasteiger partial charge in [0.25, 0.3) is 0 Å². The number of halogens is 1. The van der Waals surface area contributed by atoms with Gasteiger partial charge in [-0.25, -0.2) is 0 Å². The van der Waals surface area contributed by atoms with Crippen LogP contribution in [0.15, 0.2) is 18.2 Å². The number of rotatable bonds is 3. The molecule has 0 bridgehead atoms. The number of benzene rings is 1. The standard InChI is InChI=1S/C14H20ClN3O/c1-17-14(19)13-4-2-3-7-18(13)9-10-8-11(15)5-6-12(10)16/h5-6,8,13H,2-4,7,9,16H2,1H3,(H,17,19). The lowest BCUT2D eigenvalue weighted by Gasteiger charge is -2.34. The van der Waals surface area contributed by atoms with E-state index in [0.29, 0.717) is 11.6 Å². The summed E-state index contributed by atoms with van der Waals surface area (Å²) in [5, 5.41) is 3.42. The maximum atomic E-state index is 11.9. The molecular weight excluding hydrogens is 262 g/mol. The van der Waals surface area contributed by atoms with Crippen LogP contribution in [0.25, 0.3) is 0 Å². The van der Waals surface area contributed by atoms with Gasteiger partial charge in [-0.3, -0.25) is 9.69 Å². The molecule has 1 aliphatic rings. The van der Waals surface area contributed by atoms with Crippen molar-refractivity contribution < 1.29 is 4.79 Å². The molecule has 3 N–H and O–H groups in total. The van der Waals surface area contributed by atoms with Gasteiger partial charge in [0.2, 0.25) is 5.91 Å². The molecule has 1 aliphatic heterocycles. The molecule has 19 heavy (non-hydrogen) atoms. The van der Waals surface area contributed by atoms with Crippen molar-refractivity contribution in [3.8, 4) is 0 Å². The van der Waals surface area contributed by atoms with Crippen LogP contribution in [0, 0.1) is 0 Å². The zero-order valence-corrected chi connectivity index (χ0v) is 11.9. The highest BCUT2D eigenvalue weighted by Crippen LogP contribution is 2.24. The molecule has 0 saturated carbocycles. The number of nitrogens with two attached hydrogens (primary N) is 1. The van der Waals surface area contributed by atoms with Crippen molar-refractivity contribution in [3.63, 3.8) is 0 Å². The van der Waals surface area contributed by atoms with E-state index in [4.69, 9.17) is 17.3 Å². The van der Waals surface area contributed by atoms with E-state index < -0.39 is 0 Å². The fraction of sp³-hybridized carbons (Fsp3) is 0.500. The van der Waals surface area contributed by atoms with Crippen molar-refractivity contribution in [1.29, 1.82) is 0 Å². The third kappa shape index (κ3) is 3.39. The van der Waals surface area contributed by atoms with E-state index in [0.717, 1.165) is 37.1 Å². The van der Waals surface area contributed by atoms with Gasteiger partial charge in [-0.1, -0.05) is 18.0 Å². The number of likely N-dealkylation sites (N-methyl/N-ethyl adjacent to an activating group) is 1. The molecule has 0 radical (unpaired) electrons. The summed E-state index contributed by atoms with van der Waals surface area (Å²) in [5.74, 6) is 0.0836. The smallest absolute Gasteiger partial charge is 0.237 e. The summed E-state index contributed by atoms with van der Waals surface area (Å²) in [7, 11) is 1.68. The van der Waals surface area contributed by atoms with Gasteiger partial charge in [-0.05, 0) is 43.1 Å². The molecule has 0 aromatic heterocycles. The summed E-state index contributed by atoms with van der Waals surface area (Å²) >= 11 is 6.01. The van der Waals surface area contributed by atoms with Gasteiger partial charge < -0.3 is 11.1 Å². The maximum absolute atomic E-state index is 11.9. The van der Waals surface area contributed by atoms with Crippen LogP contribution in [0.4, 0.5) is 5.69 Å². The van der Waals surface area contributed by atoms with Crippen LogP contribution < -0.4 is 11.1 Å². The first-order valence-electron chi connectivity index (χ1n) is 6.61. The molecule has 5 heteroatoms. The van der Waals surface area contributed by atoms with E-state index >= 15 is 0 Å². The Kier molecular flexibility index (Phi) is 4.66. The first-order chi connectivity index (χ1) is 9.11. The fourth-order valence-electron chi connectivity index (χ4n) is 2.57. The predicted octanol–water partition coefficient (Wildman–Crippen LogP) is 2.02. The fourth-order valence-corrected chi connectivity index (χ4v) is 2.77. The number of piperidine rings is 1. The van der Waals surface area contributed by atoms with Crippen molar-refractivity contribution >= 4 is 23.2 Å². The van der Waals surface area contributed by atoms with Crippen molar-refractivity contribution in [2.45, 2.75) is 31.8 Å². The number of amides is 1. The first kappa shape index (κ1) is 14.2. The minimum atomic E-state index is -0.0582. The Balaban J connectivity index is 2.15. The first-order valence-corrected chi connectivity index (χ1v) is 6.99. The number of carbonyl (C=O) groups excluding carboxylic acids is 1. The average molecular weight is 282 g/mol. The second-order valence-electron chi connectivity index (χ2n) is 4.94. The SMILES string of the molecule is CNC(=O)C1CCCCN1Cc1cc(Cl)ccc1N. The molecule has 4 nitrogen and oxygen atoms in total. The summed E-state index contributed by atoms with van der Waals surface area (Å²) in [6, 6.07) is 5.42. The molecular formula is C14H20ClN3O. The van der Waals surface area contributed by atoms with Gasteiger partial charge in [0.05, 0.1) is 6.04 Å². The molecule has 1 unspecified atom stereocenters. The normalized spacial score (nSPS) is 20.2. The molecule has 0 spiro atoms. The predicted molar refractivity (Wildman–Crippen MR) is 78.0 cm³/mol. The molecule has 2 rings (SSSR count). The zero-order valence-electron chi connectivity index (χ0n) is 11.2. The van der Waals surface area contributed by atoms with Crippen LogP contribution in [-0.4, -0.2) is 30.4 Å². The number of nitrogen functional groups attached to an aromatic ring is 1. The summed E-state index contributed by atoms with van der Waals surface area (Å²) in [5.41, 5.74) is 7.69. The van der Waals surface area contributed by atoms with Gasteiger partial charge in [0, 0.05) is 24.3 Å². The van der Waals surface area contributed by atoms with E-state index in [2.05, 4.69) is 10.2 Å². The molecule has 1 heterocycles. The Morgan fingerprint density at radius 1 is 1.53 bits per heavy atom. The van der Waals surface area contributed by atoms with Gasteiger partial charge in [-0.15, -0.1) is 0 Å². The molecule has 1 atom stereocenters. The number of hydrogen-bond donors (Lipinski definition) is 2. The third-order valence-corrected chi connectivity index (χ3v) is 3.88. The van der Waals surface area contributed by atoms with Gasteiger partial charge in [0.1, 0.15) is 0 Å². The molecule has 1 fully saturated rings. The summed E-state index contributed by atoms with van der Waals surface area (Å²) in [6.07, 6.45) is 3.12. The Bertz CT molecular complexity index is 464. The summed E-state index contributed by atoms with van der Waals surface area (Å²) in [4.78, 5) is 14.1. The van der Waals surface area contributed by atoms with Crippen molar-refractivity contribution in [1.82, 2.24) is 10.2 Å². The lowest BCUT2D eigenvalue weighted by atomic mass is 10.00. The van der Waals surface area contributed by atoms with E-state index in [1.807, 2.05) is 12.1 Å². The van der Waals surface area contributed by atoms with Gasteiger partial charge in [-0.2, -0.15) is 0 Å². The minimum absolute atomic E-state index is 0.0582. The van der Waals surface area contributed by atoms with Crippen molar-refractivity contribution in [2.75, 3.05) is 19.3 Å². The molecule has 1 saturated heterocycles. The second-order valence-corrected chi connectivity index (χ2v) is 5.38. The number of likely N-dealkylation sites (tertiary alicyclic amines) is 1. The lowest BCUT2D eigenvalue weighted by Crippen LogP contribution is -2.48. The molecule has 1 aromatic rings. The Labute approximate surface area is 118 Å². The zero-order chi connectivity index (χ0) is 13.8. The minimum Gasteiger partial charge on any atom is -0.398 e. The third-order valence-electron chi connectivity index (χ3n) is 3.64. The molecule has 1 amide bonds. The molecule has 1 aromatic carbocycles. The van der Waals surface area contributed by atoms with Crippen LogP contribution in [0.3, 0.4) is 0 Å². The number of anilines is 1. The van der Waals surface area contributed by atoms with E-state index in [-0.39, 0.29) is 11.9 Å². The Hall–Kier alpha value is -1.26. The van der Waals surface area contributed by atoms with Crippen LogP contribution in [0.1, 0.15) is 24.8 Å². The highest BCUT2D eigenvalue weighted by atomic mass is 35.5. The van der Waals surface area contributed by atoms with Crippen molar-refractivity contribution in [3.05, 3.63) is 28.8 Å². The van der Waals surface area contributed by atoms with E-state index in [9.17, 15) is 4.79 Å². The van der Waals surface area contributed by atoms with Gasteiger partial charge >= 0.3 is 0 Å². The molecule has 104 valence electrons. The maximum Gasteiger partial charge on any atom is 0.237 e. The van der Waals surface area contributed by atoms with E-state index in [1.165, 1.54) is 0 Å². The Morgan fingerprint density at radius 2 is 2.32 bits per heavy atom. The highest BCUT2D eigenvalue weighted by molar-refractivity contribution is 6.30. The number of carbonyl (C=O) groups is 1. The van der Waals surface area contributed by atoms with Crippen LogP contribution in [0.5, 0.6) is 0 Å². The van der Waals surface area contributed by atoms with Crippen LogP contribution >= 0.6 is 11.6 Å². The molecule has 0 aliphatic carbocycles. The average Bonchev–Trinajstić information content (AvgIpc) is 2.42. The van der Waals surface area contributed by atoms with E-state index in [1.54, 1.807) is 13.1 Å². The summed E-state index contributed by atoms with van der Waals surface area (Å²) < 4.78 is 0. The summed E-state index contributed by atoms with van der Waals surface area (Å²) in [6.45, 7) is 1.59. The van der Waals surface area contributed by atoms with Crippen LogP contribution in [-0.2, 0) is 11.3 Å². The number of nitrogens with one attached hydrogen (secondary N) is 1. The quantitative estimate of drug-likeness (QED) is 0.834. The lowest BCUT2D eigenvalue weighted by molar-refractivity contribution is -0.127. The largest absolute Gasteiger partial charge is 0.398 e. The van der Waals surface area contributed by atoms with Crippen molar-refractivity contribution in [2.24, 2.45) is 0 Å². The monoisotopic (exact) mass is 281 g/mol. The van der Waals surface area contributed by atoms with Crippen LogP contribution in [0.2, 0.25) is 5.02 Å². The Morgan fingerprint density at radius 3 is 3.05 bits per heavy atom. The number of hydrogen-bond acceptors (Lipinski definition) is 3.